The van der Waals surface area contributed by atoms with Gasteiger partial charge in [0.2, 0.25) is 5.91 Å². The first kappa shape index (κ1) is 24.8. The Morgan fingerprint density at radius 1 is 1.06 bits per heavy atom. The molecule has 0 aliphatic heterocycles. The van der Waals surface area contributed by atoms with E-state index in [-0.39, 0.29) is 22.8 Å². The summed E-state index contributed by atoms with van der Waals surface area (Å²) in [7, 11) is 0. The number of halogens is 2. The fraction of sp³-hybridized carbons (Fsp3) is 0.462. The van der Waals surface area contributed by atoms with Crippen LogP contribution in [0.5, 0.6) is 0 Å². The van der Waals surface area contributed by atoms with E-state index in [9.17, 15) is 18.4 Å². The second kappa shape index (κ2) is 10.9. The topological polar surface area (TPSA) is 75.4 Å². The largest absolute Gasteiger partial charge is 0.338 e. The van der Waals surface area contributed by atoms with Crippen LogP contribution in [0.2, 0.25) is 0 Å². The minimum absolute atomic E-state index is 0.0399. The Morgan fingerprint density at radius 3 is 2.36 bits per heavy atom. The maximum Gasteiger partial charge on any atom is 0.255 e. The summed E-state index contributed by atoms with van der Waals surface area (Å²) in [5, 5.41) is 2.68. The van der Waals surface area contributed by atoms with Crippen LogP contribution >= 0.6 is 0 Å². The number of hydrogen-bond acceptors (Lipinski definition) is 3. The van der Waals surface area contributed by atoms with E-state index in [0.717, 1.165) is 49.4 Å². The summed E-state index contributed by atoms with van der Waals surface area (Å²) in [6.45, 7) is 5.49. The summed E-state index contributed by atoms with van der Waals surface area (Å²) in [6.07, 6.45) is 5.16. The smallest absolute Gasteiger partial charge is 0.255 e. The summed E-state index contributed by atoms with van der Waals surface area (Å²) in [4.78, 5) is 27.7. The van der Waals surface area contributed by atoms with Gasteiger partial charge in [0.05, 0.1) is 0 Å². The van der Waals surface area contributed by atoms with Gasteiger partial charge in [-0.3, -0.25) is 9.59 Å². The Bertz CT molecular complexity index is 967. The molecule has 33 heavy (non-hydrogen) atoms. The number of carbonyl (C=O) groups is 2. The third-order valence-electron chi connectivity index (χ3n) is 6.12. The highest BCUT2D eigenvalue weighted by Gasteiger charge is 2.30. The van der Waals surface area contributed by atoms with Gasteiger partial charge >= 0.3 is 0 Å². The Kier molecular flexibility index (Phi) is 8.19. The maximum atomic E-state index is 13.5. The monoisotopic (exact) mass is 457 g/mol. The highest BCUT2D eigenvalue weighted by atomic mass is 19.1. The van der Waals surface area contributed by atoms with Crippen molar-refractivity contribution in [2.45, 2.75) is 52.5 Å². The molecule has 0 radical (unpaired) electrons. The van der Waals surface area contributed by atoms with Gasteiger partial charge in [-0.05, 0) is 54.6 Å². The molecule has 0 spiro atoms. The molecule has 1 aliphatic carbocycles. The molecule has 0 bridgehead atoms. The number of nitrogens with zero attached hydrogens (tertiary/aromatic N) is 1. The highest BCUT2D eigenvalue weighted by Crippen LogP contribution is 2.28. The summed E-state index contributed by atoms with van der Waals surface area (Å²) in [5.74, 6) is -2.04. The van der Waals surface area contributed by atoms with Crippen LogP contribution in [0.3, 0.4) is 0 Å². The number of nitrogens with one attached hydrogen (secondary N) is 1. The average Bonchev–Trinajstić information content (AvgIpc) is 2.78. The normalized spacial score (nSPS) is 14.7. The first-order chi connectivity index (χ1) is 15.7. The number of anilines is 1. The van der Waals surface area contributed by atoms with E-state index in [4.69, 9.17) is 5.73 Å². The van der Waals surface area contributed by atoms with Gasteiger partial charge < -0.3 is 16.0 Å². The molecule has 0 saturated heterocycles. The van der Waals surface area contributed by atoms with E-state index in [1.54, 1.807) is 18.2 Å². The molecule has 0 unspecified atom stereocenters. The minimum Gasteiger partial charge on any atom is -0.338 e. The molecule has 3 N–H and O–H groups in total. The van der Waals surface area contributed by atoms with Crippen molar-refractivity contribution >= 4 is 17.5 Å². The van der Waals surface area contributed by atoms with Crippen LogP contribution in [0.1, 0.15) is 61.9 Å². The molecule has 2 amide bonds. The third kappa shape index (κ3) is 7.09. The molecule has 0 heterocycles. The average molecular weight is 458 g/mol. The lowest BCUT2D eigenvalue weighted by molar-refractivity contribution is -0.138. The van der Waals surface area contributed by atoms with E-state index >= 15 is 0 Å². The fourth-order valence-corrected chi connectivity index (χ4v) is 4.26. The lowest BCUT2D eigenvalue weighted by atomic mass is 9.86. The fourth-order valence-electron chi connectivity index (χ4n) is 4.26. The number of hydrogen-bond donors (Lipinski definition) is 2. The zero-order valence-corrected chi connectivity index (χ0v) is 19.4. The summed E-state index contributed by atoms with van der Waals surface area (Å²) >= 11 is 0. The summed E-state index contributed by atoms with van der Waals surface area (Å²) in [6, 6.07) is 9.86. The molecule has 2 aromatic carbocycles. The predicted molar refractivity (Wildman–Crippen MR) is 126 cm³/mol. The Hall–Kier alpha value is -2.80. The number of rotatable bonds is 8. The zero-order chi connectivity index (χ0) is 24.0. The van der Waals surface area contributed by atoms with Crippen LogP contribution in [0.4, 0.5) is 14.5 Å². The van der Waals surface area contributed by atoms with Crippen molar-refractivity contribution in [3.8, 4) is 0 Å². The minimum atomic E-state index is -0.812. The highest BCUT2D eigenvalue weighted by molar-refractivity contribution is 6.04. The molecule has 7 heteroatoms. The van der Waals surface area contributed by atoms with Crippen molar-refractivity contribution in [3.63, 3.8) is 0 Å². The molecule has 1 saturated carbocycles. The molecule has 3 rings (SSSR count). The van der Waals surface area contributed by atoms with Crippen molar-refractivity contribution in [1.29, 1.82) is 0 Å². The quantitative estimate of drug-likeness (QED) is 0.578. The second-order valence-corrected chi connectivity index (χ2v) is 9.71. The number of nitrogens with two attached hydrogens (primary N) is 1. The van der Waals surface area contributed by atoms with Crippen LogP contribution in [-0.2, 0) is 11.3 Å². The van der Waals surface area contributed by atoms with Crippen molar-refractivity contribution in [2.75, 3.05) is 18.4 Å². The van der Waals surface area contributed by atoms with Gasteiger partial charge in [-0.1, -0.05) is 45.2 Å². The van der Waals surface area contributed by atoms with Crippen molar-refractivity contribution in [3.05, 3.63) is 65.2 Å². The van der Waals surface area contributed by atoms with Crippen LogP contribution < -0.4 is 11.1 Å². The lowest BCUT2D eigenvalue weighted by Gasteiger charge is -2.35. The Balaban J connectivity index is 1.76. The molecule has 2 aromatic rings. The molecule has 5 nitrogen and oxygen atoms in total. The standard InChI is InChI=1S/C26H33F2N3O2/c1-26(2,16-29)17-31(25(33)19-8-4-3-5-9-19)15-18-7-6-10-23(11-18)30-24(32)20-12-21(27)14-22(28)13-20/h6-7,10-14,19H,3-5,8-9,15-17,29H2,1-2H3,(H,30,32). The molecular weight excluding hydrogens is 424 g/mol. The third-order valence-corrected chi connectivity index (χ3v) is 6.12. The first-order valence-corrected chi connectivity index (χ1v) is 11.5. The number of amides is 2. The molecule has 1 fully saturated rings. The Morgan fingerprint density at radius 2 is 1.73 bits per heavy atom. The maximum absolute atomic E-state index is 13.5. The molecular formula is C26H33F2N3O2. The Labute approximate surface area is 194 Å². The molecule has 178 valence electrons. The van der Waals surface area contributed by atoms with Crippen molar-refractivity contribution < 1.29 is 18.4 Å². The van der Waals surface area contributed by atoms with Gasteiger partial charge in [0, 0.05) is 36.3 Å². The summed E-state index contributed by atoms with van der Waals surface area (Å²) in [5.41, 5.74) is 6.97. The van der Waals surface area contributed by atoms with E-state index in [0.29, 0.717) is 25.3 Å². The van der Waals surface area contributed by atoms with E-state index in [1.165, 1.54) is 6.42 Å². The molecule has 1 aliphatic rings. The van der Waals surface area contributed by atoms with Crippen LogP contribution in [0.25, 0.3) is 0 Å². The van der Waals surface area contributed by atoms with E-state index in [2.05, 4.69) is 5.32 Å². The van der Waals surface area contributed by atoms with E-state index < -0.39 is 17.5 Å². The van der Waals surface area contributed by atoms with E-state index in [1.807, 2.05) is 24.8 Å². The summed E-state index contributed by atoms with van der Waals surface area (Å²) < 4.78 is 26.9. The van der Waals surface area contributed by atoms with Crippen molar-refractivity contribution in [2.24, 2.45) is 17.1 Å². The first-order valence-electron chi connectivity index (χ1n) is 11.5. The van der Waals surface area contributed by atoms with Gasteiger partial charge in [0.15, 0.2) is 0 Å². The lowest BCUT2D eigenvalue weighted by Crippen LogP contribution is -2.44. The van der Waals surface area contributed by atoms with Gasteiger partial charge in [-0.2, -0.15) is 0 Å². The van der Waals surface area contributed by atoms with Gasteiger partial charge in [-0.15, -0.1) is 0 Å². The van der Waals surface area contributed by atoms with Gasteiger partial charge in [0.1, 0.15) is 11.6 Å². The van der Waals surface area contributed by atoms with Crippen LogP contribution in [0, 0.1) is 23.0 Å². The zero-order valence-electron chi connectivity index (χ0n) is 19.4. The molecule has 0 aromatic heterocycles. The second-order valence-electron chi connectivity index (χ2n) is 9.71. The van der Waals surface area contributed by atoms with Gasteiger partial charge in [-0.25, -0.2) is 8.78 Å². The number of benzene rings is 2. The van der Waals surface area contributed by atoms with Crippen LogP contribution in [-0.4, -0.2) is 29.8 Å². The van der Waals surface area contributed by atoms with Crippen molar-refractivity contribution in [1.82, 2.24) is 4.90 Å². The predicted octanol–water partition coefficient (Wildman–Crippen LogP) is 5.11. The molecule has 0 atom stereocenters. The van der Waals surface area contributed by atoms with Crippen LogP contribution in [0.15, 0.2) is 42.5 Å². The van der Waals surface area contributed by atoms with Gasteiger partial charge in [0.25, 0.3) is 5.91 Å². The SMILES string of the molecule is CC(C)(CN)CN(Cc1cccc(NC(=O)c2cc(F)cc(F)c2)c1)C(=O)C1CCCCC1. The number of carbonyl (C=O) groups excluding carboxylic acids is 2.